The van der Waals surface area contributed by atoms with E-state index in [9.17, 15) is 9.50 Å². The Balaban J connectivity index is 4.08. The molecule has 0 radical (unpaired) electrons. The van der Waals surface area contributed by atoms with Crippen LogP contribution >= 0.6 is 0 Å². The van der Waals surface area contributed by atoms with E-state index in [1.54, 1.807) is 31.4 Å². The summed E-state index contributed by atoms with van der Waals surface area (Å²) in [6.07, 6.45) is 12.3. The summed E-state index contributed by atoms with van der Waals surface area (Å²) in [5.74, 6) is -0.0688. The molecule has 0 aliphatic rings. The zero-order valence-corrected chi connectivity index (χ0v) is 10.9. The van der Waals surface area contributed by atoms with Gasteiger partial charge in [-0.25, -0.2) is 4.39 Å². The molecular weight excluding hydrogens is 229 g/mol. The average molecular weight is 249 g/mol. The van der Waals surface area contributed by atoms with Crippen LogP contribution in [-0.2, 0) is 0 Å². The molecule has 0 aromatic heterocycles. The van der Waals surface area contributed by atoms with E-state index >= 15 is 0 Å². The van der Waals surface area contributed by atoms with E-state index in [0.717, 1.165) is 6.42 Å². The van der Waals surface area contributed by atoms with Crippen LogP contribution in [0, 0.1) is 0 Å². The smallest absolute Gasteiger partial charge is 0.119 e. The van der Waals surface area contributed by atoms with Crippen LogP contribution in [0.1, 0.15) is 26.7 Å². The van der Waals surface area contributed by atoms with Gasteiger partial charge in [0, 0.05) is 12.6 Å². The van der Waals surface area contributed by atoms with E-state index < -0.39 is 0 Å². The Kier molecular flexibility index (Phi) is 9.18. The summed E-state index contributed by atoms with van der Waals surface area (Å²) in [4.78, 5) is 4.02. The highest BCUT2D eigenvalue weighted by Gasteiger charge is 1.85. The number of aliphatic imine (C=N–C) groups is 1. The third-order valence-corrected chi connectivity index (χ3v) is 1.91. The van der Waals surface area contributed by atoms with Gasteiger partial charge < -0.3 is 5.11 Å². The molecule has 0 rings (SSSR count). The van der Waals surface area contributed by atoms with Crippen molar-refractivity contribution in [2.45, 2.75) is 26.7 Å². The third kappa shape index (κ3) is 9.33. The monoisotopic (exact) mass is 249 g/mol. The fraction of sp³-hybridized carbons (Fsp3) is 0.267. The number of hydrogen-bond donors (Lipinski definition) is 1. The van der Waals surface area contributed by atoms with Gasteiger partial charge >= 0.3 is 0 Å². The fourth-order valence-corrected chi connectivity index (χ4v) is 1.01. The molecule has 0 atom stereocenters. The lowest BCUT2D eigenvalue weighted by molar-refractivity contribution is 0.430. The maximum atomic E-state index is 12.7. The van der Waals surface area contributed by atoms with Gasteiger partial charge in [-0.05, 0) is 37.6 Å². The summed E-state index contributed by atoms with van der Waals surface area (Å²) >= 11 is 0. The fourth-order valence-electron chi connectivity index (χ4n) is 1.01. The lowest BCUT2D eigenvalue weighted by Gasteiger charge is -1.90. The summed E-state index contributed by atoms with van der Waals surface area (Å²) in [5, 5.41) is 9.28. The van der Waals surface area contributed by atoms with Gasteiger partial charge in [0.25, 0.3) is 0 Å². The van der Waals surface area contributed by atoms with Gasteiger partial charge in [0.1, 0.15) is 11.6 Å². The van der Waals surface area contributed by atoms with Crippen LogP contribution in [0.15, 0.2) is 65.3 Å². The average Bonchev–Trinajstić information content (AvgIpc) is 2.35. The van der Waals surface area contributed by atoms with Crippen molar-refractivity contribution in [3.8, 4) is 0 Å². The highest BCUT2D eigenvalue weighted by atomic mass is 19.1. The molecular formula is C15H20FNO. The van der Waals surface area contributed by atoms with Crippen molar-refractivity contribution in [1.82, 2.24) is 0 Å². The van der Waals surface area contributed by atoms with Crippen molar-refractivity contribution in [2.24, 2.45) is 4.99 Å². The Morgan fingerprint density at radius 3 is 2.67 bits per heavy atom. The summed E-state index contributed by atoms with van der Waals surface area (Å²) in [7, 11) is 0. The largest absolute Gasteiger partial charge is 0.508 e. The molecule has 0 aromatic rings. The van der Waals surface area contributed by atoms with E-state index in [4.69, 9.17) is 0 Å². The second-order valence-corrected chi connectivity index (χ2v) is 3.49. The van der Waals surface area contributed by atoms with Crippen LogP contribution in [0.5, 0.6) is 0 Å². The number of halogens is 1. The summed E-state index contributed by atoms with van der Waals surface area (Å²) in [5.41, 5.74) is 0.480. The zero-order chi connectivity index (χ0) is 13.8. The second-order valence-electron chi connectivity index (χ2n) is 3.49. The Labute approximate surface area is 108 Å². The minimum atomic E-state index is -0.319. The molecule has 0 aliphatic carbocycles. The number of aliphatic hydroxyl groups is 1. The number of rotatable bonds is 7. The molecule has 98 valence electrons. The first-order valence-electron chi connectivity index (χ1n) is 5.87. The van der Waals surface area contributed by atoms with Crippen molar-refractivity contribution in [2.75, 3.05) is 0 Å². The molecule has 0 fully saturated rings. The SMILES string of the molecule is C=C(/C=C\C(F)=C/C)N=CC/C=C\C(O)=C/CC. The van der Waals surface area contributed by atoms with Crippen molar-refractivity contribution in [3.63, 3.8) is 0 Å². The Morgan fingerprint density at radius 2 is 2.06 bits per heavy atom. The normalized spacial score (nSPS) is 14.2. The maximum Gasteiger partial charge on any atom is 0.119 e. The van der Waals surface area contributed by atoms with Crippen molar-refractivity contribution in [1.29, 1.82) is 0 Å². The molecule has 0 saturated carbocycles. The minimum absolute atomic E-state index is 0.250. The topological polar surface area (TPSA) is 32.6 Å². The van der Waals surface area contributed by atoms with Gasteiger partial charge in [0.2, 0.25) is 0 Å². The number of allylic oxidation sites excluding steroid dienone is 7. The number of nitrogens with zero attached hydrogens (tertiary/aromatic N) is 1. The predicted octanol–water partition coefficient (Wildman–Crippen LogP) is 4.80. The quantitative estimate of drug-likeness (QED) is 0.392. The highest BCUT2D eigenvalue weighted by molar-refractivity contribution is 5.61. The first-order chi connectivity index (χ1) is 8.60. The van der Waals surface area contributed by atoms with Gasteiger partial charge in [-0.2, -0.15) is 0 Å². The van der Waals surface area contributed by atoms with Crippen LogP contribution in [0.25, 0.3) is 0 Å². The van der Waals surface area contributed by atoms with Crippen molar-refractivity contribution in [3.05, 3.63) is 60.3 Å². The van der Waals surface area contributed by atoms with E-state index in [1.807, 2.05) is 6.92 Å². The van der Waals surface area contributed by atoms with Gasteiger partial charge in [0.05, 0.1) is 5.70 Å². The molecule has 1 N–H and O–H groups in total. The Morgan fingerprint density at radius 1 is 1.33 bits per heavy atom. The molecule has 0 saturated heterocycles. The van der Waals surface area contributed by atoms with E-state index in [-0.39, 0.29) is 11.6 Å². The lowest BCUT2D eigenvalue weighted by atomic mass is 10.3. The van der Waals surface area contributed by atoms with Crippen molar-refractivity contribution >= 4 is 6.21 Å². The molecule has 0 heterocycles. The van der Waals surface area contributed by atoms with Crippen LogP contribution in [0.4, 0.5) is 4.39 Å². The molecule has 0 aliphatic heterocycles. The van der Waals surface area contributed by atoms with Crippen LogP contribution in [0.3, 0.4) is 0 Å². The van der Waals surface area contributed by atoms with Gasteiger partial charge in [-0.15, -0.1) is 0 Å². The van der Waals surface area contributed by atoms with Gasteiger partial charge in [-0.1, -0.05) is 25.7 Å². The lowest BCUT2D eigenvalue weighted by Crippen LogP contribution is -1.76. The molecule has 0 bridgehead atoms. The van der Waals surface area contributed by atoms with E-state index in [1.165, 1.54) is 18.2 Å². The minimum Gasteiger partial charge on any atom is -0.508 e. The highest BCUT2D eigenvalue weighted by Crippen LogP contribution is 2.02. The maximum absolute atomic E-state index is 12.7. The summed E-state index contributed by atoms with van der Waals surface area (Å²) in [6.45, 7) is 7.23. The zero-order valence-electron chi connectivity index (χ0n) is 10.9. The standard InChI is InChI=1S/C15H20FNO/c1-4-8-15(18)9-6-7-12-17-13(3)10-11-14(16)5-2/h5-6,8-12,18H,3-4,7H2,1-2H3/b9-6-,11-10-,14-5+,15-8+,17-12?. The third-order valence-electron chi connectivity index (χ3n) is 1.91. The van der Waals surface area contributed by atoms with Gasteiger partial charge in [0.15, 0.2) is 0 Å². The van der Waals surface area contributed by atoms with Crippen LogP contribution in [-0.4, -0.2) is 11.3 Å². The van der Waals surface area contributed by atoms with Crippen LogP contribution < -0.4 is 0 Å². The Bertz CT molecular complexity index is 401. The summed E-state index contributed by atoms with van der Waals surface area (Å²) < 4.78 is 12.7. The molecule has 2 nitrogen and oxygen atoms in total. The number of aliphatic hydroxyl groups excluding tert-OH is 1. The molecule has 0 aromatic carbocycles. The molecule has 0 unspecified atom stereocenters. The molecule has 0 amide bonds. The molecule has 18 heavy (non-hydrogen) atoms. The van der Waals surface area contributed by atoms with E-state index in [2.05, 4.69) is 11.6 Å². The first-order valence-corrected chi connectivity index (χ1v) is 5.87. The molecule has 0 spiro atoms. The van der Waals surface area contributed by atoms with Gasteiger partial charge in [-0.3, -0.25) is 4.99 Å². The second kappa shape index (κ2) is 10.3. The summed E-state index contributed by atoms with van der Waals surface area (Å²) in [6, 6.07) is 0. The Hall–Kier alpha value is -1.90. The predicted molar refractivity (Wildman–Crippen MR) is 76.4 cm³/mol. The number of hydrogen-bond acceptors (Lipinski definition) is 2. The molecule has 3 heteroatoms. The van der Waals surface area contributed by atoms with Crippen LogP contribution in [0.2, 0.25) is 0 Å². The van der Waals surface area contributed by atoms with E-state index in [0.29, 0.717) is 12.1 Å². The first kappa shape index (κ1) is 16.1. The van der Waals surface area contributed by atoms with Crippen molar-refractivity contribution < 1.29 is 9.50 Å².